The second-order valence-electron chi connectivity index (χ2n) is 5.80. The van der Waals surface area contributed by atoms with E-state index in [1.54, 1.807) is 0 Å². The third-order valence-corrected chi connectivity index (χ3v) is 3.92. The van der Waals surface area contributed by atoms with E-state index in [1.807, 2.05) is 6.92 Å². The molecular weight excluding hydrogens is 312 g/mol. The number of aromatic amines is 1. The maximum atomic E-state index is 12.5. The van der Waals surface area contributed by atoms with Gasteiger partial charge >= 0.3 is 17.1 Å². The van der Waals surface area contributed by atoms with Crippen LogP contribution in [0.3, 0.4) is 0 Å². The van der Waals surface area contributed by atoms with Gasteiger partial charge in [0.1, 0.15) is 6.17 Å². The lowest BCUT2D eigenvalue weighted by atomic mass is 10.2. The van der Waals surface area contributed by atoms with E-state index in [-0.39, 0.29) is 6.54 Å². The molecule has 1 atom stereocenters. The van der Waals surface area contributed by atoms with Crippen molar-refractivity contribution in [3.8, 4) is 0 Å². The number of nitrogens with one attached hydrogen (secondary N) is 1. The number of unbranched alkanes of at least 4 members (excludes halogenated alkanes) is 5. The molecule has 0 aliphatic rings. The first-order valence-corrected chi connectivity index (χ1v) is 8.59. The van der Waals surface area contributed by atoms with Gasteiger partial charge in [-0.2, -0.15) is 4.99 Å². The first-order chi connectivity index (χ1) is 11.6. The van der Waals surface area contributed by atoms with Crippen LogP contribution >= 0.6 is 0 Å². The molecule has 0 fully saturated rings. The van der Waals surface area contributed by atoms with Gasteiger partial charge in [0.2, 0.25) is 6.08 Å². The van der Waals surface area contributed by atoms with Crippen LogP contribution in [0.2, 0.25) is 0 Å². The molecule has 0 aliphatic carbocycles. The normalized spacial score (nSPS) is 11.9. The van der Waals surface area contributed by atoms with E-state index in [9.17, 15) is 19.2 Å². The number of aliphatic imine (C=N–C) groups is 1. The third kappa shape index (κ3) is 5.45. The zero-order chi connectivity index (χ0) is 17.9. The number of rotatable bonds is 11. The highest BCUT2D eigenvalue weighted by Gasteiger charge is 2.18. The third-order valence-electron chi connectivity index (χ3n) is 3.92. The van der Waals surface area contributed by atoms with Crippen molar-refractivity contribution >= 4 is 6.08 Å². The van der Waals surface area contributed by atoms with Crippen LogP contribution in [0.5, 0.6) is 0 Å². The molecule has 0 bridgehead atoms. The van der Waals surface area contributed by atoms with Gasteiger partial charge in [-0.1, -0.05) is 46.0 Å². The van der Waals surface area contributed by atoms with Crippen LogP contribution in [0.4, 0.5) is 0 Å². The molecule has 0 saturated heterocycles. The fourth-order valence-corrected chi connectivity index (χ4v) is 2.57. The van der Waals surface area contributed by atoms with Gasteiger partial charge in [-0.05, 0) is 19.3 Å². The van der Waals surface area contributed by atoms with Crippen molar-refractivity contribution in [1.29, 1.82) is 0 Å². The lowest BCUT2D eigenvalue weighted by Gasteiger charge is -2.14. The number of carbonyl (C=O) groups excluding carboxylic acids is 1. The van der Waals surface area contributed by atoms with E-state index < -0.39 is 23.2 Å². The summed E-state index contributed by atoms with van der Waals surface area (Å²) in [6.45, 7) is 4.33. The Morgan fingerprint density at radius 1 is 1.00 bits per heavy atom. The fourth-order valence-electron chi connectivity index (χ4n) is 2.57. The molecule has 0 spiro atoms. The van der Waals surface area contributed by atoms with Crippen LogP contribution in [-0.4, -0.2) is 20.2 Å². The zero-order valence-corrected chi connectivity index (χ0v) is 14.4. The minimum Gasteiger partial charge on any atom is -0.259 e. The van der Waals surface area contributed by atoms with Crippen LogP contribution < -0.4 is 17.1 Å². The Morgan fingerprint density at radius 3 is 2.29 bits per heavy atom. The minimum atomic E-state index is -0.923. The molecule has 1 heterocycles. The van der Waals surface area contributed by atoms with Gasteiger partial charge < -0.3 is 0 Å². The van der Waals surface area contributed by atoms with E-state index >= 15 is 0 Å². The molecule has 0 radical (unpaired) electrons. The van der Waals surface area contributed by atoms with Crippen molar-refractivity contribution in [2.24, 2.45) is 4.99 Å². The van der Waals surface area contributed by atoms with Crippen molar-refractivity contribution in [2.45, 2.75) is 77.9 Å². The van der Waals surface area contributed by atoms with Gasteiger partial charge in [0.05, 0.1) is 0 Å². The van der Waals surface area contributed by atoms with Crippen LogP contribution in [0.15, 0.2) is 19.4 Å². The first kappa shape index (κ1) is 19.8. The minimum absolute atomic E-state index is 0.237. The molecular formula is C16H26N4O4. The van der Waals surface area contributed by atoms with E-state index in [1.165, 1.54) is 6.08 Å². The molecule has 24 heavy (non-hydrogen) atoms. The van der Waals surface area contributed by atoms with Gasteiger partial charge in [0.25, 0.3) is 0 Å². The highest BCUT2D eigenvalue weighted by Crippen LogP contribution is 2.13. The standard InChI is InChI=1S/C16H26N4O4/c1-3-5-7-9-11-19-14(22)18-15(23)20(16(19)24)13(17-12-21)10-8-6-4-2/h13H,3-11H2,1-2H3,(H,18,22,23). The molecule has 1 aromatic rings. The molecule has 1 rings (SSSR count). The number of H-pyrrole nitrogens is 1. The monoisotopic (exact) mass is 338 g/mol. The number of nitrogens with zero attached hydrogens (tertiary/aromatic N) is 3. The lowest BCUT2D eigenvalue weighted by Crippen LogP contribution is -2.50. The van der Waals surface area contributed by atoms with Gasteiger partial charge in [-0.15, -0.1) is 0 Å². The van der Waals surface area contributed by atoms with Crippen LogP contribution in [0.25, 0.3) is 0 Å². The predicted octanol–water partition coefficient (Wildman–Crippen LogP) is 1.69. The van der Waals surface area contributed by atoms with Crippen LogP contribution in [0, 0.1) is 0 Å². The van der Waals surface area contributed by atoms with Gasteiger partial charge in [0.15, 0.2) is 0 Å². The Kier molecular flexibility index (Phi) is 8.71. The Balaban J connectivity index is 3.16. The fraction of sp³-hybridized carbons (Fsp3) is 0.750. The summed E-state index contributed by atoms with van der Waals surface area (Å²) in [6, 6.07) is 0. The summed E-state index contributed by atoms with van der Waals surface area (Å²) in [7, 11) is 0. The van der Waals surface area contributed by atoms with Crippen molar-refractivity contribution in [1.82, 2.24) is 14.1 Å². The second kappa shape index (κ2) is 10.5. The maximum absolute atomic E-state index is 12.5. The summed E-state index contributed by atoms with van der Waals surface area (Å²) < 4.78 is 1.85. The highest BCUT2D eigenvalue weighted by molar-refractivity contribution is 5.33. The molecule has 1 unspecified atom stereocenters. The van der Waals surface area contributed by atoms with Gasteiger partial charge in [-0.3, -0.25) is 4.98 Å². The Bertz CT molecular complexity index is 725. The molecule has 8 heteroatoms. The molecule has 0 aromatic carbocycles. The van der Waals surface area contributed by atoms with E-state index in [0.717, 1.165) is 41.2 Å². The maximum Gasteiger partial charge on any atom is 0.338 e. The van der Waals surface area contributed by atoms with Gasteiger partial charge in [-0.25, -0.2) is 28.3 Å². The van der Waals surface area contributed by atoms with E-state index in [2.05, 4.69) is 16.9 Å². The van der Waals surface area contributed by atoms with Crippen molar-refractivity contribution < 1.29 is 4.79 Å². The Labute approximate surface area is 140 Å². The molecule has 8 nitrogen and oxygen atoms in total. The summed E-state index contributed by atoms with van der Waals surface area (Å²) in [5.41, 5.74) is -2.28. The SMILES string of the molecule is CCCCCCn1c(=O)[nH]c(=O)n(C(CCCCC)N=C=O)c1=O. The lowest BCUT2D eigenvalue weighted by molar-refractivity contribution is 0.392. The number of hydrogen-bond acceptors (Lipinski definition) is 5. The summed E-state index contributed by atoms with van der Waals surface area (Å²) in [4.78, 5) is 52.9. The average Bonchev–Trinajstić information content (AvgIpc) is 2.54. The number of aromatic nitrogens is 3. The summed E-state index contributed by atoms with van der Waals surface area (Å²) in [5.74, 6) is 0. The zero-order valence-electron chi connectivity index (χ0n) is 14.4. The Morgan fingerprint density at radius 2 is 1.67 bits per heavy atom. The van der Waals surface area contributed by atoms with Crippen molar-refractivity contribution in [3.63, 3.8) is 0 Å². The largest absolute Gasteiger partial charge is 0.338 e. The second-order valence-corrected chi connectivity index (χ2v) is 5.80. The molecule has 0 saturated carbocycles. The van der Waals surface area contributed by atoms with E-state index in [4.69, 9.17) is 0 Å². The summed E-state index contributed by atoms with van der Waals surface area (Å²) >= 11 is 0. The molecule has 1 N–H and O–H groups in total. The molecule has 134 valence electrons. The van der Waals surface area contributed by atoms with E-state index in [0.29, 0.717) is 19.3 Å². The first-order valence-electron chi connectivity index (χ1n) is 8.59. The van der Waals surface area contributed by atoms with Crippen molar-refractivity contribution in [2.75, 3.05) is 0 Å². The molecule has 1 aromatic heterocycles. The molecule has 0 aliphatic heterocycles. The topological polar surface area (TPSA) is 106 Å². The Hall–Kier alpha value is -2.21. The number of isocyanates is 1. The number of hydrogen-bond donors (Lipinski definition) is 1. The van der Waals surface area contributed by atoms with Crippen LogP contribution in [0.1, 0.15) is 71.4 Å². The predicted molar refractivity (Wildman–Crippen MR) is 91.0 cm³/mol. The summed E-state index contributed by atoms with van der Waals surface area (Å²) in [5, 5.41) is 0. The quantitative estimate of drug-likeness (QED) is 0.376. The van der Waals surface area contributed by atoms with Crippen LogP contribution in [-0.2, 0) is 11.3 Å². The molecule has 0 amide bonds. The van der Waals surface area contributed by atoms with Crippen molar-refractivity contribution in [3.05, 3.63) is 31.5 Å². The van der Waals surface area contributed by atoms with Gasteiger partial charge in [0, 0.05) is 6.54 Å². The average molecular weight is 338 g/mol. The smallest absolute Gasteiger partial charge is 0.259 e. The highest BCUT2D eigenvalue weighted by atomic mass is 16.2. The summed E-state index contributed by atoms with van der Waals surface area (Å²) in [6.07, 6.45) is 7.06.